The molecule has 0 N–H and O–H groups in total. The Balaban J connectivity index is 1.60. The highest BCUT2D eigenvalue weighted by molar-refractivity contribution is 5.30. The fourth-order valence-electron chi connectivity index (χ4n) is 2.84. The Kier molecular flexibility index (Phi) is 5.96. The van der Waals surface area contributed by atoms with E-state index in [1.807, 2.05) is 6.92 Å². The molecule has 0 saturated carbocycles. The number of nitrogens with zero attached hydrogens (tertiary/aromatic N) is 3. The molecule has 1 saturated heterocycles. The molecular formula is C20H24FN3O2. The van der Waals surface area contributed by atoms with E-state index in [9.17, 15) is 4.39 Å². The van der Waals surface area contributed by atoms with Gasteiger partial charge in [-0.05, 0) is 36.6 Å². The van der Waals surface area contributed by atoms with Crippen LogP contribution in [0.5, 0.6) is 11.8 Å². The van der Waals surface area contributed by atoms with E-state index in [0.717, 1.165) is 42.8 Å². The van der Waals surface area contributed by atoms with E-state index < -0.39 is 5.82 Å². The molecule has 3 rings (SSSR count). The van der Waals surface area contributed by atoms with Gasteiger partial charge in [-0.25, -0.2) is 14.4 Å². The standard InChI is InChI=1S/C20H24FN3O2/c1-4-15(3)19-13-24(7-8-25-19)12-16-10-22-20(23-11-16)26-18-6-5-14(2)9-17(18)21/h5-6,9-11,19H,3-4,7-8,12-13H2,1-2H3/t19-/m0/s1. The van der Waals surface area contributed by atoms with Crippen molar-refractivity contribution in [3.05, 3.63) is 59.7 Å². The quantitative estimate of drug-likeness (QED) is 0.734. The molecule has 0 unspecified atom stereocenters. The highest BCUT2D eigenvalue weighted by Crippen LogP contribution is 2.23. The second-order valence-electron chi connectivity index (χ2n) is 6.52. The number of benzene rings is 1. The average Bonchev–Trinajstić information content (AvgIpc) is 2.65. The zero-order chi connectivity index (χ0) is 18.5. The maximum Gasteiger partial charge on any atom is 0.321 e. The molecule has 1 fully saturated rings. The summed E-state index contributed by atoms with van der Waals surface area (Å²) in [5.74, 6) is -0.300. The van der Waals surface area contributed by atoms with Crippen molar-refractivity contribution in [1.29, 1.82) is 0 Å². The largest absolute Gasteiger partial charge is 0.421 e. The summed E-state index contributed by atoms with van der Waals surface area (Å²) in [5.41, 5.74) is 2.93. The van der Waals surface area contributed by atoms with Crippen LogP contribution in [-0.4, -0.2) is 40.7 Å². The van der Waals surface area contributed by atoms with E-state index in [-0.39, 0.29) is 17.9 Å². The van der Waals surface area contributed by atoms with Crippen LogP contribution < -0.4 is 4.74 Å². The molecule has 2 aromatic rings. The van der Waals surface area contributed by atoms with E-state index >= 15 is 0 Å². The molecule has 26 heavy (non-hydrogen) atoms. The second-order valence-corrected chi connectivity index (χ2v) is 6.52. The molecule has 0 amide bonds. The van der Waals surface area contributed by atoms with Gasteiger partial charge in [0, 0.05) is 37.6 Å². The van der Waals surface area contributed by atoms with Crippen molar-refractivity contribution in [1.82, 2.24) is 14.9 Å². The molecule has 0 aliphatic carbocycles. The van der Waals surface area contributed by atoms with Gasteiger partial charge in [-0.15, -0.1) is 0 Å². The molecule has 5 nitrogen and oxygen atoms in total. The average molecular weight is 357 g/mol. The topological polar surface area (TPSA) is 47.5 Å². The van der Waals surface area contributed by atoms with Gasteiger partial charge in [0.05, 0.1) is 12.7 Å². The summed E-state index contributed by atoms with van der Waals surface area (Å²) in [4.78, 5) is 10.7. The van der Waals surface area contributed by atoms with Gasteiger partial charge in [-0.2, -0.15) is 0 Å². The van der Waals surface area contributed by atoms with Gasteiger partial charge in [0.1, 0.15) is 0 Å². The molecule has 1 atom stereocenters. The van der Waals surface area contributed by atoms with Crippen LogP contribution in [0.3, 0.4) is 0 Å². The van der Waals surface area contributed by atoms with Crippen molar-refractivity contribution in [3.8, 4) is 11.8 Å². The summed E-state index contributed by atoms with van der Waals surface area (Å²) in [6, 6.07) is 4.92. The fourth-order valence-corrected chi connectivity index (χ4v) is 2.84. The van der Waals surface area contributed by atoms with Crippen LogP contribution in [0, 0.1) is 12.7 Å². The first-order valence-corrected chi connectivity index (χ1v) is 8.81. The van der Waals surface area contributed by atoms with Gasteiger partial charge in [-0.1, -0.05) is 19.6 Å². The summed E-state index contributed by atoms with van der Waals surface area (Å²) in [5, 5.41) is 0. The van der Waals surface area contributed by atoms with Crippen LogP contribution in [0.2, 0.25) is 0 Å². The summed E-state index contributed by atoms with van der Waals surface area (Å²) < 4.78 is 25.1. The van der Waals surface area contributed by atoms with E-state index in [4.69, 9.17) is 9.47 Å². The van der Waals surface area contributed by atoms with Gasteiger partial charge in [0.15, 0.2) is 11.6 Å². The van der Waals surface area contributed by atoms with E-state index in [0.29, 0.717) is 6.61 Å². The number of hydrogen-bond acceptors (Lipinski definition) is 5. The lowest BCUT2D eigenvalue weighted by Gasteiger charge is -2.33. The molecule has 1 aromatic heterocycles. The molecule has 6 heteroatoms. The molecular weight excluding hydrogens is 333 g/mol. The monoisotopic (exact) mass is 357 g/mol. The number of rotatable bonds is 6. The van der Waals surface area contributed by atoms with Gasteiger partial charge in [0.2, 0.25) is 0 Å². The Morgan fingerprint density at radius 3 is 2.85 bits per heavy atom. The second kappa shape index (κ2) is 8.38. The summed E-state index contributed by atoms with van der Waals surface area (Å²) in [6.07, 6.45) is 4.44. The minimum absolute atomic E-state index is 0.0850. The van der Waals surface area contributed by atoms with E-state index in [1.165, 1.54) is 6.07 Å². The molecule has 1 aliphatic rings. The highest BCUT2D eigenvalue weighted by atomic mass is 19.1. The number of aryl methyl sites for hydroxylation is 1. The number of aromatic nitrogens is 2. The van der Waals surface area contributed by atoms with E-state index in [2.05, 4.69) is 28.4 Å². The predicted molar refractivity (Wildman–Crippen MR) is 97.7 cm³/mol. The fraction of sp³-hybridized carbons (Fsp3) is 0.400. The molecule has 2 heterocycles. The first kappa shape index (κ1) is 18.5. The molecule has 0 bridgehead atoms. The zero-order valence-electron chi connectivity index (χ0n) is 15.2. The Morgan fingerprint density at radius 1 is 1.38 bits per heavy atom. The Hall–Kier alpha value is -2.31. The number of halogens is 1. The zero-order valence-corrected chi connectivity index (χ0v) is 15.2. The minimum atomic E-state index is -0.423. The summed E-state index contributed by atoms with van der Waals surface area (Å²) in [7, 11) is 0. The maximum atomic E-state index is 13.8. The van der Waals surface area contributed by atoms with Gasteiger partial charge in [0.25, 0.3) is 0 Å². The first-order chi connectivity index (χ1) is 12.5. The molecule has 138 valence electrons. The first-order valence-electron chi connectivity index (χ1n) is 8.81. The van der Waals surface area contributed by atoms with Crippen LogP contribution >= 0.6 is 0 Å². The van der Waals surface area contributed by atoms with Crippen LogP contribution in [0.4, 0.5) is 4.39 Å². The van der Waals surface area contributed by atoms with Crippen LogP contribution in [-0.2, 0) is 11.3 Å². The SMILES string of the molecule is C=C(CC)[C@@H]1CN(Cc2cnc(Oc3ccc(C)cc3F)nc2)CCO1. The van der Waals surface area contributed by atoms with E-state index in [1.54, 1.807) is 24.5 Å². The molecule has 1 aromatic carbocycles. The lowest BCUT2D eigenvalue weighted by Crippen LogP contribution is -2.42. The highest BCUT2D eigenvalue weighted by Gasteiger charge is 2.22. The number of hydrogen-bond donors (Lipinski definition) is 0. The number of ether oxygens (including phenoxy) is 2. The van der Waals surface area contributed by atoms with Gasteiger partial charge in [-0.3, -0.25) is 4.90 Å². The van der Waals surface area contributed by atoms with Crippen LogP contribution in [0.15, 0.2) is 42.7 Å². The van der Waals surface area contributed by atoms with Crippen molar-refractivity contribution >= 4 is 0 Å². The lowest BCUT2D eigenvalue weighted by molar-refractivity contribution is -0.0133. The predicted octanol–water partition coefficient (Wildman–Crippen LogP) is 3.88. The van der Waals surface area contributed by atoms with Crippen LogP contribution in [0.25, 0.3) is 0 Å². The van der Waals surface area contributed by atoms with Gasteiger partial charge < -0.3 is 9.47 Å². The minimum Gasteiger partial charge on any atom is -0.421 e. The third kappa shape index (κ3) is 4.65. The maximum absolute atomic E-state index is 13.8. The molecule has 0 radical (unpaired) electrons. The molecule has 1 aliphatic heterocycles. The summed E-state index contributed by atoms with van der Waals surface area (Å²) in [6.45, 7) is 11.1. The smallest absolute Gasteiger partial charge is 0.321 e. The van der Waals surface area contributed by atoms with Crippen molar-refractivity contribution in [2.75, 3.05) is 19.7 Å². The third-order valence-corrected chi connectivity index (χ3v) is 4.44. The van der Waals surface area contributed by atoms with Crippen molar-refractivity contribution < 1.29 is 13.9 Å². The summed E-state index contributed by atoms with van der Waals surface area (Å²) >= 11 is 0. The normalized spacial score (nSPS) is 17.9. The number of morpholine rings is 1. The third-order valence-electron chi connectivity index (χ3n) is 4.44. The Morgan fingerprint density at radius 2 is 2.15 bits per heavy atom. The lowest BCUT2D eigenvalue weighted by atomic mass is 10.1. The van der Waals surface area contributed by atoms with Crippen molar-refractivity contribution in [3.63, 3.8) is 0 Å². The van der Waals surface area contributed by atoms with Crippen molar-refractivity contribution in [2.45, 2.75) is 32.9 Å². The Bertz CT molecular complexity index is 764. The van der Waals surface area contributed by atoms with Gasteiger partial charge >= 0.3 is 6.01 Å². The van der Waals surface area contributed by atoms with Crippen molar-refractivity contribution in [2.24, 2.45) is 0 Å². The Labute approximate surface area is 153 Å². The molecule has 0 spiro atoms. The van der Waals surface area contributed by atoms with Crippen LogP contribution in [0.1, 0.15) is 24.5 Å².